The highest BCUT2D eigenvalue weighted by molar-refractivity contribution is 5.83. The largest absolute Gasteiger partial charge is 0.318 e. The highest BCUT2D eigenvalue weighted by atomic mass is 16.1. The molecule has 3 aromatic carbocycles. The van der Waals surface area contributed by atoms with E-state index in [2.05, 4.69) is 41.7 Å². The predicted octanol–water partition coefficient (Wildman–Crippen LogP) is 5.35. The van der Waals surface area contributed by atoms with Crippen LogP contribution in [0.15, 0.2) is 101 Å². The van der Waals surface area contributed by atoms with Gasteiger partial charge in [-0.2, -0.15) is 9.78 Å². The summed E-state index contributed by atoms with van der Waals surface area (Å²) in [6, 6.07) is 29.3. The monoisotopic (exact) mass is 418 g/mol. The molecule has 0 fully saturated rings. The average molecular weight is 419 g/mol. The Balaban J connectivity index is 1.67. The Kier molecular flexibility index (Phi) is 5.00. The summed E-state index contributed by atoms with van der Waals surface area (Å²) in [6.07, 6.45) is 1.74. The molecule has 2 aromatic heterocycles. The summed E-state index contributed by atoms with van der Waals surface area (Å²) in [7, 11) is 0. The summed E-state index contributed by atoms with van der Waals surface area (Å²) in [6.45, 7) is 4.12. The van der Waals surface area contributed by atoms with Crippen molar-refractivity contribution in [3.63, 3.8) is 0 Å². The SMILES string of the molecule is Cc1cc(C=Nn2c(-c3ccccc3)nc3ccccc3c2=O)c(C)n1-c1ccccc1. The number of rotatable bonds is 4. The van der Waals surface area contributed by atoms with Crippen LogP contribution in [0.2, 0.25) is 0 Å². The van der Waals surface area contributed by atoms with Crippen LogP contribution in [-0.4, -0.2) is 20.4 Å². The van der Waals surface area contributed by atoms with E-state index in [-0.39, 0.29) is 5.56 Å². The molecule has 0 unspecified atom stereocenters. The van der Waals surface area contributed by atoms with Crippen LogP contribution in [0.25, 0.3) is 28.0 Å². The summed E-state index contributed by atoms with van der Waals surface area (Å²) < 4.78 is 3.58. The van der Waals surface area contributed by atoms with Crippen LogP contribution in [0.4, 0.5) is 0 Å². The number of hydrogen-bond donors (Lipinski definition) is 0. The zero-order chi connectivity index (χ0) is 22.1. The van der Waals surface area contributed by atoms with Crippen LogP contribution in [0, 0.1) is 13.8 Å². The van der Waals surface area contributed by atoms with Gasteiger partial charge in [-0.3, -0.25) is 4.79 Å². The quantitative estimate of drug-likeness (QED) is 0.369. The molecule has 32 heavy (non-hydrogen) atoms. The van der Waals surface area contributed by atoms with Crippen molar-refractivity contribution in [1.82, 2.24) is 14.2 Å². The second-order valence-electron chi connectivity index (χ2n) is 7.68. The van der Waals surface area contributed by atoms with Gasteiger partial charge in [0.25, 0.3) is 5.56 Å². The molecule has 5 nitrogen and oxygen atoms in total. The van der Waals surface area contributed by atoms with Gasteiger partial charge in [0.1, 0.15) is 0 Å². The lowest BCUT2D eigenvalue weighted by atomic mass is 10.2. The average Bonchev–Trinajstić information content (AvgIpc) is 3.12. The van der Waals surface area contributed by atoms with Crippen molar-refractivity contribution in [3.8, 4) is 17.1 Å². The highest BCUT2D eigenvalue weighted by Crippen LogP contribution is 2.21. The van der Waals surface area contributed by atoms with Gasteiger partial charge in [-0.1, -0.05) is 60.7 Å². The van der Waals surface area contributed by atoms with Crippen molar-refractivity contribution in [2.24, 2.45) is 5.10 Å². The first-order valence-electron chi connectivity index (χ1n) is 10.5. The van der Waals surface area contributed by atoms with Crippen LogP contribution < -0.4 is 5.56 Å². The van der Waals surface area contributed by atoms with E-state index in [0.717, 1.165) is 28.2 Å². The van der Waals surface area contributed by atoms with E-state index in [4.69, 9.17) is 4.98 Å². The second kappa shape index (κ2) is 8.12. The van der Waals surface area contributed by atoms with Crippen molar-refractivity contribution in [2.45, 2.75) is 13.8 Å². The van der Waals surface area contributed by atoms with Crippen LogP contribution in [0.1, 0.15) is 17.0 Å². The third kappa shape index (κ3) is 3.44. The lowest BCUT2D eigenvalue weighted by Crippen LogP contribution is -2.20. The fraction of sp³-hybridized carbons (Fsp3) is 0.0741. The summed E-state index contributed by atoms with van der Waals surface area (Å²) in [5.41, 5.74) is 5.50. The molecule has 0 saturated carbocycles. The Morgan fingerprint density at radius 2 is 1.50 bits per heavy atom. The number of benzene rings is 3. The summed E-state index contributed by atoms with van der Waals surface area (Å²) in [4.78, 5) is 18.1. The van der Waals surface area contributed by atoms with E-state index in [1.165, 1.54) is 4.68 Å². The molecule has 0 spiro atoms. The molecule has 156 valence electrons. The highest BCUT2D eigenvalue weighted by Gasteiger charge is 2.13. The van der Waals surface area contributed by atoms with Gasteiger partial charge in [0.05, 0.1) is 17.1 Å². The van der Waals surface area contributed by atoms with E-state index in [1.807, 2.05) is 66.7 Å². The third-order valence-corrected chi connectivity index (χ3v) is 5.58. The first-order chi connectivity index (χ1) is 15.6. The van der Waals surface area contributed by atoms with Crippen LogP contribution in [0.5, 0.6) is 0 Å². The molecule has 5 rings (SSSR count). The topological polar surface area (TPSA) is 52.2 Å². The minimum absolute atomic E-state index is 0.192. The fourth-order valence-corrected chi connectivity index (χ4v) is 4.02. The summed E-state index contributed by atoms with van der Waals surface area (Å²) in [5.74, 6) is 0.516. The molecule has 0 atom stereocenters. The van der Waals surface area contributed by atoms with Gasteiger partial charge in [0.2, 0.25) is 0 Å². The minimum atomic E-state index is -0.192. The van der Waals surface area contributed by atoms with E-state index < -0.39 is 0 Å². The molecule has 5 heteroatoms. The molecule has 0 bridgehead atoms. The maximum absolute atomic E-state index is 13.3. The van der Waals surface area contributed by atoms with Crippen LogP contribution in [-0.2, 0) is 0 Å². The van der Waals surface area contributed by atoms with Crippen LogP contribution in [0.3, 0.4) is 0 Å². The van der Waals surface area contributed by atoms with Gasteiger partial charge in [-0.05, 0) is 44.2 Å². The number of aromatic nitrogens is 3. The van der Waals surface area contributed by atoms with Crippen LogP contribution >= 0.6 is 0 Å². The van der Waals surface area contributed by atoms with Crippen molar-refractivity contribution >= 4 is 17.1 Å². The van der Waals surface area contributed by atoms with Gasteiger partial charge < -0.3 is 4.57 Å². The van der Waals surface area contributed by atoms with Gasteiger partial charge in [-0.25, -0.2) is 4.98 Å². The third-order valence-electron chi connectivity index (χ3n) is 5.58. The normalized spacial score (nSPS) is 11.4. The number of fused-ring (bicyclic) bond motifs is 1. The van der Waals surface area contributed by atoms with Crippen molar-refractivity contribution in [3.05, 3.63) is 118 Å². The summed E-state index contributed by atoms with van der Waals surface area (Å²) >= 11 is 0. The van der Waals surface area contributed by atoms with Crippen molar-refractivity contribution < 1.29 is 0 Å². The second-order valence-corrected chi connectivity index (χ2v) is 7.68. The molecule has 0 aliphatic carbocycles. The molecule has 0 radical (unpaired) electrons. The van der Waals surface area contributed by atoms with Gasteiger partial charge in [0.15, 0.2) is 5.82 Å². The Morgan fingerprint density at radius 1 is 0.844 bits per heavy atom. The summed E-state index contributed by atoms with van der Waals surface area (Å²) in [5, 5.41) is 5.16. The van der Waals surface area contributed by atoms with E-state index in [9.17, 15) is 4.79 Å². The molecule has 0 N–H and O–H groups in total. The lowest BCUT2D eigenvalue weighted by Gasteiger charge is -2.10. The first-order valence-corrected chi connectivity index (χ1v) is 10.5. The Hall–Kier alpha value is -4.25. The molecule has 0 amide bonds. The number of nitrogens with zero attached hydrogens (tertiary/aromatic N) is 4. The Bertz CT molecular complexity index is 1500. The minimum Gasteiger partial charge on any atom is -0.318 e. The zero-order valence-electron chi connectivity index (χ0n) is 17.9. The van der Waals surface area contributed by atoms with Gasteiger partial charge in [-0.15, -0.1) is 0 Å². The Morgan fingerprint density at radius 3 is 2.25 bits per heavy atom. The predicted molar refractivity (Wildman–Crippen MR) is 130 cm³/mol. The molecular weight excluding hydrogens is 396 g/mol. The lowest BCUT2D eigenvalue weighted by molar-refractivity contribution is 0.829. The van der Waals surface area contributed by atoms with Gasteiger partial charge in [0, 0.05) is 28.2 Å². The maximum atomic E-state index is 13.3. The zero-order valence-corrected chi connectivity index (χ0v) is 17.9. The molecular formula is C27H22N4O. The number of hydrogen-bond acceptors (Lipinski definition) is 3. The number of aryl methyl sites for hydroxylation is 1. The standard InChI is InChI=1S/C27H22N4O/c1-19-17-22(20(2)30(19)23-13-7-4-8-14-23)18-28-31-26(21-11-5-3-6-12-21)29-25-16-10-9-15-24(25)27(31)32/h3-18H,1-2H3. The molecule has 5 aromatic rings. The van der Waals surface area contributed by atoms with E-state index in [0.29, 0.717) is 16.7 Å². The van der Waals surface area contributed by atoms with Crippen molar-refractivity contribution in [2.75, 3.05) is 0 Å². The van der Waals surface area contributed by atoms with E-state index >= 15 is 0 Å². The van der Waals surface area contributed by atoms with Crippen molar-refractivity contribution in [1.29, 1.82) is 0 Å². The molecule has 2 heterocycles. The number of para-hydroxylation sites is 2. The molecule has 0 aliphatic rings. The maximum Gasteiger partial charge on any atom is 0.282 e. The first kappa shape index (κ1) is 19.7. The van der Waals surface area contributed by atoms with E-state index in [1.54, 1.807) is 12.3 Å². The molecule has 0 saturated heterocycles. The molecule has 0 aliphatic heterocycles. The smallest absolute Gasteiger partial charge is 0.282 e. The fourth-order valence-electron chi connectivity index (χ4n) is 4.02. The Labute approximate surface area is 185 Å². The van der Waals surface area contributed by atoms with Gasteiger partial charge >= 0.3 is 0 Å².